The second-order valence-electron chi connectivity index (χ2n) is 5.25. The van der Waals surface area contributed by atoms with Crippen molar-refractivity contribution < 1.29 is 4.79 Å². The summed E-state index contributed by atoms with van der Waals surface area (Å²) in [5.74, 6) is 0.417. The molecule has 1 amide bonds. The minimum atomic E-state index is -0.0269. The second-order valence-corrected chi connectivity index (χ2v) is 5.25. The van der Waals surface area contributed by atoms with E-state index in [0.717, 1.165) is 11.1 Å². The summed E-state index contributed by atoms with van der Waals surface area (Å²) in [4.78, 5) is 11.7. The summed E-state index contributed by atoms with van der Waals surface area (Å²) < 4.78 is 1.63. The van der Waals surface area contributed by atoms with Crippen molar-refractivity contribution in [2.24, 2.45) is 5.92 Å². The summed E-state index contributed by atoms with van der Waals surface area (Å²) >= 11 is 0. The number of hydrogen-bond donors (Lipinski definition) is 2. The third kappa shape index (κ3) is 3.85. The van der Waals surface area contributed by atoms with Crippen LogP contribution < -0.4 is 11.1 Å². The lowest BCUT2D eigenvalue weighted by Crippen LogP contribution is -2.30. The van der Waals surface area contributed by atoms with E-state index in [4.69, 9.17) is 5.73 Å². The highest BCUT2D eigenvalue weighted by Crippen LogP contribution is 2.20. The zero-order valence-corrected chi connectivity index (χ0v) is 11.8. The summed E-state index contributed by atoms with van der Waals surface area (Å²) in [6.07, 6.45) is 3.59. The number of aromatic nitrogens is 2. The van der Waals surface area contributed by atoms with Crippen molar-refractivity contribution in [2.45, 2.75) is 20.4 Å². The first kappa shape index (κ1) is 14.1. The molecule has 2 rings (SSSR count). The van der Waals surface area contributed by atoms with Gasteiger partial charge in [-0.3, -0.25) is 9.48 Å². The van der Waals surface area contributed by atoms with Crippen molar-refractivity contribution in [1.82, 2.24) is 15.1 Å². The Morgan fingerprint density at radius 2 is 2.20 bits per heavy atom. The Morgan fingerprint density at radius 3 is 2.90 bits per heavy atom. The fourth-order valence-corrected chi connectivity index (χ4v) is 1.84. The van der Waals surface area contributed by atoms with Crippen LogP contribution in [-0.2, 0) is 11.3 Å². The molecule has 0 unspecified atom stereocenters. The van der Waals surface area contributed by atoms with E-state index in [2.05, 4.69) is 24.3 Å². The van der Waals surface area contributed by atoms with Gasteiger partial charge in [0.25, 0.3) is 0 Å². The van der Waals surface area contributed by atoms with E-state index in [1.54, 1.807) is 10.9 Å². The number of carbonyl (C=O) groups excluding carboxylic acids is 1. The van der Waals surface area contributed by atoms with E-state index in [1.165, 1.54) is 0 Å². The molecule has 106 valence electrons. The summed E-state index contributed by atoms with van der Waals surface area (Å²) in [6.45, 7) is 5.04. The Labute approximate surface area is 118 Å². The third-order valence-corrected chi connectivity index (χ3v) is 2.87. The van der Waals surface area contributed by atoms with Gasteiger partial charge in [0.05, 0.1) is 6.20 Å². The van der Waals surface area contributed by atoms with Gasteiger partial charge >= 0.3 is 0 Å². The molecular weight excluding hydrogens is 252 g/mol. The van der Waals surface area contributed by atoms with Crippen LogP contribution in [0.2, 0.25) is 0 Å². The molecule has 2 aromatic rings. The van der Waals surface area contributed by atoms with Crippen LogP contribution in [0.1, 0.15) is 13.8 Å². The lowest BCUT2D eigenvalue weighted by Gasteiger charge is -2.07. The highest BCUT2D eigenvalue weighted by atomic mass is 16.2. The molecule has 5 heteroatoms. The van der Waals surface area contributed by atoms with Crippen LogP contribution in [0.3, 0.4) is 0 Å². The van der Waals surface area contributed by atoms with E-state index >= 15 is 0 Å². The van der Waals surface area contributed by atoms with Crippen molar-refractivity contribution in [3.63, 3.8) is 0 Å². The van der Waals surface area contributed by atoms with Gasteiger partial charge in [-0.25, -0.2) is 0 Å². The van der Waals surface area contributed by atoms with Gasteiger partial charge < -0.3 is 11.1 Å². The van der Waals surface area contributed by atoms with Crippen molar-refractivity contribution in [3.8, 4) is 11.1 Å². The van der Waals surface area contributed by atoms with Crippen LogP contribution in [0, 0.1) is 5.92 Å². The summed E-state index contributed by atoms with van der Waals surface area (Å²) in [7, 11) is 0. The first-order valence-electron chi connectivity index (χ1n) is 6.69. The van der Waals surface area contributed by atoms with Crippen LogP contribution in [0.4, 0.5) is 5.69 Å². The van der Waals surface area contributed by atoms with Crippen molar-refractivity contribution in [2.75, 3.05) is 12.3 Å². The first-order chi connectivity index (χ1) is 9.54. The molecule has 0 saturated carbocycles. The number of amides is 1. The number of nitrogens with zero attached hydrogens (tertiary/aromatic N) is 2. The van der Waals surface area contributed by atoms with Crippen molar-refractivity contribution in [1.29, 1.82) is 0 Å². The van der Waals surface area contributed by atoms with Gasteiger partial charge in [0.2, 0.25) is 5.91 Å². The van der Waals surface area contributed by atoms with Crippen molar-refractivity contribution >= 4 is 11.6 Å². The third-order valence-electron chi connectivity index (χ3n) is 2.87. The lowest BCUT2D eigenvalue weighted by atomic mass is 10.1. The molecule has 0 spiro atoms. The molecule has 5 nitrogen and oxygen atoms in total. The fraction of sp³-hybridized carbons (Fsp3) is 0.333. The fourth-order valence-electron chi connectivity index (χ4n) is 1.84. The van der Waals surface area contributed by atoms with Gasteiger partial charge in [0.1, 0.15) is 6.54 Å². The van der Waals surface area contributed by atoms with Crippen LogP contribution in [0.15, 0.2) is 36.7 Å². The standard InChI is InChI=1S/C15H20N4O/c1-11(2)7-17-15(20)10-19-9-13(8-18-19)12-4-3-5-14(16)6-12/h3-6,8-9,11H,7,10,16H2,1-2H3,(H,17,20). The van der Waals surface area contributed by atoms with Gasteiger partial charge in [-0.05, 0) is 23.6 Å². The molecule has 1 aromatic carbocycles. The maximum absolute atomic E-state index is 11.7. The number of carbonyl (C=O) groups is 1. The minimum absolute atomic E-state index is 0.0269. The Hall–Kier alpha value is -2.30. The molecule has 0 fully saturated rings. The first-order valence-corrected chi connectivity index (χ1v) is 6.69. The molecule has 1 heterocycles. The van der Waals surface area contributed by atoms with E-state index in [0.29, 0.717) is 18.2 Å². The smallest absolute Gasteiger partial charge is 0.241 e. The van der Waals surface area contributed by atoms with Crippen molar-refractivity contribution in [3.05, 3.63) is 36.7 Å². The number of nitrogen functional groups attached to an aromatic ring is 1. The average molecular weight is 272 g/mol. The number of hydrogen-bond acceptors (Lipinski definition) is 3. The second kappa shape index (κ2) is 6.23. The number of rotatable bonds is 5. The van der Waals surface area contributed by atoms with Gasteiger partial charge in [-0.15, -0.1) is 0 Å². The molecule has 0 saturated heterocycles. The quantitative estimate of drug-likeness (QED) is 0.817. The minimum Gasteiger partial charge on any atom is -0.399 e. The van der Waals surface area contributed by atoms with E-state index in [1.807, 2.05) is 30.5 Å². The molecule has 3 N–H and O–H groups in total. The molecule has 0 aliphatic carbocycles. The van der Waals surface area contributed by atoms with E-state index in [9.17, 15) is 4.79 Å². The van der Waals surface area contributed by atoms with Gasteiger partial charge in [0, 0.05) is 24.0 Å². The van der Waals surface area contributed by atoms with E-state index < -0.39 is 0 Å². The molecular formula is C15H20N4O. The Bertz CT molecular complexity index is 589. The summed E-state index contributed by atoms with van der Waals surface area (Å²) in [5, 5.41) is 7.07. The molecule has 0 bridgehead atoms. The molecule has 0 aliphatic heterocycles. The van der Waals surface area contributed by atoms with E-state index in [-0.39, 0.29) is 12.5 Å². The topological polar surface area (TPSA) is 72.9 Å². The maximum atomic E-state index is 11.7. The Kier molecular flexibility index (Phi) is 4.40. The predicted molar refractivity (Wildman–Crippen MR) is 79.9 cm³/mol. The van der Waals surface area contributed by atoms with Gasteiger partial charge in [-0.2, -0.15) is 5.10 Å². The Morgan fingerprint density at radius 1 is 1.40 bits per heavy atom. The molecule has 0 aliphatic rings. The number of nitrogens with one attached hydrogen (secondary N) is 1. The van der Waals surface area contributed by atoms with Gasteiger partial charge in [0.15, 0.2) is 0 Å². The highest BCUT2D eigenvalue weighted by Gasteiger charge is 2.06. The monoisotopic (exact) mass is 272 g/mol. The summed E-state index contributed by atoms with van der Waals surface area (Å²) in [5.41, 5.74) is 8.42. The number of benzene rings is 1. The zero-order valence-electron chi connectivity index (χ0n) is 11.8. The van der Waals surface area contributed by atoms with Crippen LogP contribution in [0.25, 0.3) is 11.1 Å². The SMILES string of the molecule is CC(C)CNC(=O)Cn1cc(-c2cccc(N)c2)cn1. The zero-order chi connectivity index (χ0) is 14.5. The molecule has 0 atom stereocenters. The summed E-state index contributed by atoms with van der Waals surface area (Å²) in [6, 6.07) is 7.60. The van der Waals surface area contributed by atoms with Crippen LogP contribution in [0.5, 0.6) is 0 Å². The van der Waals surface area contributed by atoms with Gasteiger partial charge in [-0.1, -0.05) is 26.0 Å². The largest absolute Gasteiger partial charge is 0.399 e. The normalized spacial score (nSPS) is 10.8. The molecule has 0 radical (unpaired) electrons. The average Bonchev–Trinajstić information content (AvgIpc) is 2.85. The number of nitrogens with two attached hydrogens (primary N) is 1. The molecule has 1 aromatic heterocycles. The number of anilines is 1. The van der Waals surface area contributed by atoms with Crippen LogP contribution in [-0.4, -0.2) is 22.2 Å². The maximum Gasteiger partial charge on any atom is 0.241 e. The highest BCUT2D eigenvalue weighted by molar-refractivity contribution is 5.76. The van der Waals surface area contributed by atoms with Crippen LogP contribution >= 0.6 is 0 Å². The molecule has 20 heavy (non-hydrogen) atoms. The lowest BCUT2D eigenvalue weighted by molar-refractivity contribution is -0.122. The predicted octanol–water partition coefficient (Wildman–Crippen LogP) is 1.90. The Balaban J connectivity index is 2.00.